The summed E-state index contributed by atoms with van der Waals surface area (Å²) in [5, 5.41) is 5.96. The Morgan fingerprint density at radius 1 is 1.25 bits per heavy atom. The van der Waals surface area contributed by atoms with Crippen LogP contribution in [0, 0.1) is 12.7 Å². The summed E-state index contributed by atoms with van der Waals surface area (Å²) in [4.78, 5) is 12.0. The maximum absolute atomic E-state index is 15.1. The molecule has 0 N–H and O–H groups in total. The molecule has 1 aromatic heterocycles. The van der Waals surface area contributed by atoms with E-state index in [1.165, 1.54) is 20.3 Å². The number of carbonyl (C=O) groups is 1. The van der Waals surface area contributed by atoms with Crippen molar-refractivity contribution in [3.63, 3.8) is 0 Å². The lowest BCUT2D eigenvalue weighted by Gasteiger charge is -2.10. The Morgan fingerprint density at radius 2 is 2.03 bits per heavy atom. The van der Waals surface area contributed by atoms with Gasteiger partial charge in [0.1, 0.15) is 28.7 Å². The summed E-state index contributed by atoms with van der Waals surface area (Å²) in [5.41, 5.74) is 1.94. The first kappa shape index (κ1) is 22.0. The minimum Gasteiger partial charge on any atom is -0.496 e. The van der Waals surface area contributed by atoms with Crippen molar-refractivity contribution in [1.82, 2.24) is 9.78 Å². The number of aromatic nitrogens is 2. The predicted octanol–water partition coefficient (Wildman–Crippen LogP) is 4.15. The minimum absolute atomic E-state index is 0.0332. The highest BCUT2D eigenvalue weighted by molar-refractivity contribution is 6.31. The molecule has 4 rings (SSSR count). The molecule has 0 spiro atoms. The van der Waals surface area contributed by atoms with E-state index in [9.17, 15) is 9.18 Å². The van der Waals surface area contributed by atoms with Crippen LogP contribution in [0.5, 0.6) is 5.75 Å². The third kappa shape index (κ3) is 3.77. The Kier molecular flexibility index (Phi) is 6.02. The van der Waals surface area contributed by atoms with Gasteiger partial charge in [0.15, 0.2) is 0 Å². The number of hydrogen-bond acceptors (Lipinski definition) is 4. The van der Waals surface area contributed by atoms with Crippen molar-refractivity contribution in [2.24, 2.45) is 0 Å². The van der Waals surface area contributed by atoms with E-state index in [1.54, 1.807) is 10.7 Å². The zero-order chi connectivity index (χ0) is 23.0. The van der Waals surface area contributed by atoms with Crippen LogP contribution in [0.2, 0.25) is 5.02 Å². The van der Waals surface area contributed by atoms with Crippen molar-refractivity contribution in [1.29, 1.82) is 0 Å². The molecule has 2 aromatic carbocycles. The van der Waals surface area contributed by atoms with Crippen LogP contribution in [-0.2, 0) is 11.3 Å². The Morgan fingerprint density at radius 3 is 2.72 bits per heavy atom. The molecular weight excluding hydrogens is 438 g/mol. The van der Waals surface area contributed by atoms with Crippen molar-refractivity contribution in [3.8, 4) is 17.0 Å². The fourth-order valence-electron chi connectivity index (χ4n) is 3.91. The molecule has 0 aliphatic heterocycles. The maximum Gasteiger partial charge on any atom is 0.341 e. The maximum atomic E-state index is 15.1. The second-order valence-corrected chi connectivity index (χ2v) is 7.88. The summed E-state index contributed by atoms with van der Waals surface area (Å²) < 4.78 is 41.7. The van der Waals surface area contributed by atoms with Crippen LogP contribution in [0.3, 0.4) is 0 Å². The molecular formula is C24H21ClF2N2O3. The third-order valence-electron chi connectivity index (χ3n) is 5.58. The van der Waals surface area contributed by atoms with E-state index in [0.717, 1.165) is 17.2 Å². The van der Waals surface area contributed by atoms with E-state index in [-0.39, 0.29) is 40.0 Å². The Labute approximate surface area is 188 Å². The van der Waals surface area contributed by atoms with Gasteiger partial charge in [0.05, 0.1) is 31.3 Å². The third-order valence-corrected chi connectivity index (χ3v) is 5.93. The molecule has 166 valence electrons. The topological polar surface area (TPSA) is 53.3 Å². The van der Waals surface area contributed by atoms with E-state index < -0.39 is 11.8 Å². The van der Waals surface area contributed by atoms with Gasteiger partial charge >= 0.3 is 5.97 Å². The average Bonchev–Trinajstić information content (AvgIpc) is 3.15. The molecule has 0 amide bonds. The summed E-state index contributed by atoms with van der Waals surface area (Å²) in [7, 11) is 2.56. The molecule has 32 heavy (non-hydrogen) atoms. The fourth-order valence-corrected chi connectivity index (χ4v) is 4.19. The monoisotopic (exact) mass is 458 g/mol. The van der Waals surface area contributed by atoms with Crippen molar-refractivity contribution in [3.05, 3.63) is 68.4 Å². The number of esters is 1. The highest BCUT2D eigenvalue weighted by atomic mass is 35.5. The van der Waals surface area contributed by atoms with Gasteiger partial charge in [-0.1, -0.05) is 29.8 Å². The lowest BCUT2D eigenvalue weighted by atomic mass is 10.0. The van der Waals surface area contributed by atoms with Gasteiger partial charge in [-0.05, 0) is 42.7 Å². The van der Waals surface area contributed by atoms with Gasteiger partial charge in [0.2, 0.25) is 0 Å². The van der Waals surface area contributed by atoms with Gasteiger partial charge in [-0.25, -0.2) is 13.6 Å². The fraction of sp³-hybridized carbons (Fsp3) is 0.250. The molecule has 0 saturated heterocycles. The summed E-state index contributed by atoms with van der Waals surface area (Å²) in [5.74, 6) is -1.72. The highest BCUT2D eigenvalue weighted by Gasteiger charge is 2.23. The van der Waals surface area contributed by atoms with Gasteiger partial charge in [-0.3, -0.25) is 4.68 Å². The van der Waals surface area contributed by atoms with E-state index >= 15 is 4.39 Å². The molecule has 1 aliphatic carbocycles. The first-order valence-corrected chi connectivity index (χ1v) is 10.4. The molecule has 3 aromatic rings. The summed E-state index contributed by atoms with van der Waals surface area (Å²) in [6.45, 7) is 2.24. The van der Waals surface area contributed by atoms with Gasteiger partial charge in [-0.2, -0.15) is 5.10 Å². The van der Waals surface area contributed by atoms with Crippen molar-refractivity contribution >= 4 is 29.5 Å². The number of aryl methyl sites for hydroxylation is 1. The number of fused-ring (bicyclic) bond motifs is 1. The Bertz CT molecular complexity index is 1330. The van der Waals surface area contributed by atoms with E-state index in [4.69, 9.17) is 21.1 Å². The van der Waals surface area contributed by atoms with Crippen LogP contribution < -0.4 is 15.3 Å². The number of benzene rings is 2. The molecule has 1 heterocycles. The molecule has 0 atom stereocenters. The van der Waals surface area contributed by atoms with Crippen molar-refractivity contribution in [2.75, 3.05) is 14.2 Å². The van der Waals surface area contributed by atoms with Crippen LogP contribution >= 0.6 is 11.6 Å². The van der Waals surface area contributed by atoms with Gasteiger partial charge in [0.25, 0.3) is 0 Å². The molecule has 0 fully saturated rings. The predicted molar refractivity (Wildman–Crippen MR) is 118 cm³/mol. The Hall–Kier alpha value is -3.19. The average molecular weight is 459 g/mol. The van der Waals surface area contributed by atoms with E-state index in [2.05, 4.69) is 5.10 Å². The zero-order valence-corrected chi connectivity index (χ0v) is 18.6. The smallest absolute Gasteiger partial charge is 0.341 e. The Balaban J connectivity index is 1.94. The molecule has 5 nitrogen and oxygen atoms in total. The van der Waals surface area contributed by atoms with Crippen molar-refractivity contribution in [2.45, 2.75) is 26.3 Å². The molecule has 0 unspecified atom stereocenters. The highest BCUT2D eigenvalue weighted by Crippen LogP contribution is 2.29. The van der Waals surface area contributed by atoms with Crippen LogP contribution in [0.4, 0.5) is 8.78 Å². The van der Waals surface area contributed by atoms with E-state index in [0.29, 0.717) is 23.3 Å². The quantitative estimate of drug-likeness (QED) is 0.539. The van der Waals surface area contributed by atoms with Gasteiger partial charge < -0.3 is 9.47 Å². The number of hydrogen-bond donors (Lipinski definition) is 0. The standard InChI is InChI=1S/C24H21ClF2N2O3/c1-13-6-4-7-17(25)16(13)12-29-20-9-5-8-18(26)22(20)23(28-29)14-11-21(31-2)15(10-19(14)27)24(30)32-3/h4,6-7,9-11H,5,8,12H2,1-3H3. The molecule has 0 bridgehead atoms. The number of methoxy groups -OCH3 is 2. The second kappa shape index (κ2) is 8.74. The van der Waals surface area contributed by atoms with Crippen LogP contribution in [0.25, 0.3) is 23.2 Å². The van der Waals surface area contributed by atoms with Gasteiger partial charge in [0, 0.05) is 17.0 Å². The number of nitrogens with zero attached hydrogens (tertiary/aromatic N) is 2. The number of rotatable bonds is 5. The number of ether oxygens (including phenoxy) is 2. The largest absolute Gasteiger partial charge is 0.496 e. The van der Waals surface area contributed by atoms with Gasteiger partial charge in [-0.15, -0.1) is 0 Å². The summed E-state index contributed by atoms with van der Waals surface area (Å²) in [6, 6.07) is 7.94. The van der Waals surface area contributed by atoms with Crippen LogP contribution in [-0.4, -0.2) is 30.0 Å². The van der Waals surface area contributed by atoms with Crippen LogP contribution in [0.1, 0.15) is 34.3 Å². The molecule has 8 heteroatoms. The second-order valence-electron chi connectivity index (χ2n) is 7.47. The molecule has 1 aliphatic rings. The first-order chi connectivity index (χ1) is 15.3. The number of carbonyl (C=O) groups excluding carboxylic acids is 1. The van der Waals surface area contributed by atoms with Crippen LogP contribution in [0.15, 0.2) is 30.3 Å². The molecule has 0 saturated carbocycles. The summed E-state index contributed by atoms with van der Waals surface area (Å²) in [6.07, 6.45) is 2.60. The number of halogens is 3. The minimum atomic E-state index is -0.736. The summed E-state index contributed by atoms with van der Waals surface area (Å²) >= 11 is 6.39. The van der Waals surface area contributed by atoms with E-state index in [1.807, 2.05) is 25.1 Å². The SMILES string of the molecule is COC(=O)c1cc(F)c(-c2nn(Cc3c(C)cccc3Cl)c3c2=C(F)CCC=3)cc1OC. The lowest BCUT2D eigenvalue weighted by Crippen LogP contribution is -2.33. The normalized spacial score (nSPS) is 12.9. The van der Waals surface area contributed by atoms with Crippen molar-refractivity contribution < 1.29 is 23.0 Å². The molecule has 0 radical (unpaired) electrons. The lowest BCUT2D eigenvalue weighted by molar-refractivity contribution is 0.0596. The zero-order valence-electron chi connectivity index (χ0n) is 17.8. The first-order valence-electron chi connectivity index (χ1n) is 10.0.